The number of carbonyl (C=O) groups excluding carboxylic acids is 1. The van der Waals surface area contributed by atoms with E-state index in [9.17, 15) is 14.9 Å². The Bertz CT molecular complexity index is 917. The molecule has 0 aliphatic rings. The number of thioether (sulfide) groups is 1. The van der Waals surface area contributed by atoms with Crippen LogP contribution in [0.3, 0.4) is 0 Å². The molecule has 8 nitrogen and oxygen atoms in total. The predicted octanol–water partition coefficient (Wildman–Crippen LogP) is 3.92. The first-order chi connectivity index (χ1) is 12.6. The van der Waals surface area contributed by atoms with Crippen molar-refractivity contribution in [2.45, 2.75) is 4.34 Å². The fourth-order valence-electron chi connectivity index (χ4n) is 2.02. The molecule has 0 unspecified atom stereocenters. The smallest absolute Gasteiger partial charge is 0.292 e. The number of para-hydroxylation sites is 3. The van der Waals surface area contributed by atoms with Gasteiger partial charge in [0.15, 0.2) is 4.34 Å². The molecule has 1 heterocycles. The van der Waals surface area contributed by atoms with Gasteiger partial charge in [0, 0.05) is 11.8 Å². The molecule has 2 aromatic carbocycles. The van der Waals surface area contributed by atoms with Crippen LogP contribution in [0.4, 0.5) is 22.2 Å². The molecule has 0 spiro atoms. The number of hydrogen-bond acceptors (Lipinski definition) is 8. The highest BCUT2D eigenvalue weighted by atomic mass is 32.2. The maximum Gasteiger partial charge on any atom is 0.292 e. The maximum atomic E-state index is 12.0. The van der Waals surface area contributed by atoms with E-state index in [2.05, 4.69) is 20.8 Å². The predicted molar refractivity (Wildman–Crippen MR) is 102 cm³/mol. The van der Waals surface area contributed by atoms with Crippen molar-refractivity contribution < 1.29 is 9.72 Å². The Morgan fingerprint density at radius 2 is 1.85 bits per heavy atom. The fraction of sp³-hybridized carbons (Fsp3) is 0.0625. The second-order valence-corrected chi connectivity index (χ2v) is 7.18. The van der Waals surface area contributed by atoms with Crippen molar-refractivity contribution in [3.05, 3.63) is 64.7 Å². The first-order valence-electron chi connectivity index (χ1n) is 7.43. The third kappa shape index (κ3) is 4.77. The normalized spacial score (nSPS) is 10.3. The summed E-state index contributed by atoms with van der Waals surface area (Å²) in [6, 6.07) is 15.6. The largest absolute Gasteiger partial charge is 0.330 e. The molecule has 1 amide bonds. The molecule has 0 aliphatic carbocycles. The Balaban J connectivity index is 1.55. The standard InChI is InChI=1S/C16H13N5O3S2/c22-14(18-12-8-4-5-9-13(12)21(23)24)10-25-16-20-19-15(26-16)17-11-6-2-1-3-7-11/h1-9H,10H2,(H,17,19)(H,18,22). The topological polar surface area (TPSA) is 110 Å². The number of nitro groups is 1. The Morgan fingerprint density at radius 1 is 1.12 bits per heavy atom. The van der Waals surface area contributed by atoms with Gasteiger partial charge in [-0.15, -0.1) is 10.2 Å². The lowest BCUT2D eigenvalue weighted by Crippen LogP contribution is -2.15. The second-order valence-electron chi connectivity index (χ2n) is 4.98. The molecular formula is C16H13N5O3S2. The van der Waals surface area contributed by atoms with Gasteiger partial charge in [0.25, 0.3) is 5.69 Å². The highest BCUT2D eigenvalue weighted by Crippen LogP contribution is 2.28. The summed E-state index contributed by atoms with van der Waals surface area (Å²) in [6.45, 7) is 0. The zero-order valence-electron chi connectivity index (χ0n) is 13.3. The van der Waals surface area contributed by atoms with Crippen LogP contribution in [0.2, 0.25) is 0 Å². The SMILES string of the molecule is O=C(CSc1nnc(Nc2ccccc2)s1)Nc1ccccc1[N+](=O)[O-]. The Kier molecular flexibility index (Phi) is 5.77. The molecular weight excluding hydrogens is 374 g/mol. The molecule has 2 N–H and O–H groups in total. The Morgan fingerprint density at radius 3 is 2.62 bits per heavy atom. The summed E-state index contributed by atoms with van der Waals surface area (Å²) in [5.41, 5.74) is 0.928. The molecule has 0 radical (unpaired) electrons. The van der Waals surface area contributed by atoms with Gasteiger partial charge < -0.3 is 10.6 Å². The van der Waals surface area contributed by atoms with Crippen molar-refractivity contribution in [1.29, 1.82) is 0 Å². The van der Waals surface area contributed by atoms with Crippen molar-refractivity contribution in [3.8, 4) is 0 Å². The number of nitrogens with one attached hydrogen (secondary N) is 2. The molecule has 0 saturated heterocycles. The van der Waals surface area contributed by atoms with E-state index >= 15 is 0 Å². The van der Waals surface area contributed by atoms with Crippen molar-refractivity contribution in [2.75, 3.05) is 16.4 Å². The molecule has 0 bridgehead atoms. The van der Waals surface area contributed by atoms with Gasteiger partial charge in [-0.05, 0) is 18.2 Å². The van der Waals surface area contributed by atoms with Crippen LogP contribution in [0.5, 0.6) is 0 Å². The van der Waals surface area contributed by atoms with Gasteiger partial charge in [-0.2, -0.15) is 0 Å². The van der Waals surface area contributed by atoms with E-state index in [4.69, 9.17) is 0 Å². The third-order valence-corrected chi connectivity index (χ3v) is 5.11. The lowest BCUT2D eigenvalue weighted by Gasteiger charge is -2.04. The summed E-state index contributed by atoms with van der Waals surface area (Å²) in [6.07, 6.45) is 0. The highest BCUT2D eigenvalue weighted by molar-refractivity contribution is 8.01. The molecule has 0 atom stereocenters. The number of aromatic nitrogens is 2. The minimum atomic E-state index is -0.533. The van der Waals surface area contributed by atoms with Crippen LogP contribution in [0.15, 0.2) is 58.9 Å². The van der Waals surface area contributed by atoms with Gasteiger partial charge in [-0.3, -0.25) is 14.9 Å². The van der Waals surface area contributed by atoms with Crippen molar-refractivity contribution >= 4 is 51.2 Å². The van der Waals surface area contributed by atoms with Crippen molar-refractivity contribution in [3.63, 3.8) is 0 Å². The number of benzene rings is 2. The number of anilines is 3. The zero-order chi connectivity index (χ0) is 18.4. The summed E-state index contributed by atoms with van der Waals surface area (Å²) < 4.78 is 0.626. The highest BCUT2D eigenvalue weighted by Gasteiger charge is 2.15. The number of nitro benzene ring substituents is 1. The summed E-state index contributed by atoms with van der Waals surface area (Å²) in [7, 11) is 0. The number of carbonyl (C=O) groups is 1. The molecule has 10 heteroatoms. The van der Waals surface area contributed by atoms with Gasteiger partial charge >= 0.3 is 0 Å². The van der Waals surface area contributed by atoms with E-state index in [1.54, 1.807) is 12.1 Å². The molecule has 0 saturated carbocycles. The lowest BCUT2D eigenvalue weighted by molar-refractivity contribution is -0.383. The average molecular weight is 387 g/mol. The zero-order valence-corrected chi connectivity index (χ0v) is 14.9. The van der Waals surface area contributed by atoms with E-state index in [0.29, 0.717) is 9.47 Å². The first kappa shape index (κ1) is 17.8. The number of rotatable bonds is 7. The Hall–Kier alpha value is -2.98. The van der Waals surface area contributed by atoms with Gasteiger partial charge in [0.05, 0.1) is 10.7 Å². The molecule has 3 rings (SSSR count). The fourth-order valence-corrected chi connectivity index (χ4v) is 3.59. The van der Waals surface area contributed by atoms with Gasteiger partial charge in [-0.25, -0.2) is 0 Å². The van der Waals surface area contributed by atoms with Crippen LogP contribution >= 0.6 is 23.1 Å². The van der Waals surface area contributed by atoms with Gasteiger partial charge in [-0.1, -0.05) is 53.4 Å². The maximum absolute atomic E-state index is 12.0. The summed E-state index contributed by atoms with van der Waals surface area (Å²) in [5, 5.41) is 25.3. The number of amides is 1. The minimum Gasteiger partial charge on any atom is -0.330 e. The van der Waals surface area contributed by atoms with Crippen LogP contribution in [0.1, 0.15) is 0 Å². The minimum absolute atomic E-state index is 0.0754. The van der Waals surface area contributed by atoms with Gasteiger partial charge in [0.1, 0.15) is 5.69 Å². The van der Waals surface area contributed by atoms with Crippen LogP contribution in [-0.4, -0.2) is 26.8 Å². The monoisotopic (exact) mass is 387 g/mol. The van der Waals surface area contributed by atoms with Crippen LogP contribution in [0.25, 0.3) is 0 Å². The lowest BCUT2D eigenvalue weighted by atomic mass is 10.2. The summed E-state index contributed by atoms with van der Waals surface area (Å²) >= 11 is 2.54. The summed E-state index contributed by atoms with van der Waals surface area (Å²) in [4.78, 5) is 22.5. The Labute approximate surface area is 156 Å². The van der Waals surface area contributed by atoms with Crippen LogP contribution in [0, 0.1) is 10.1 Å². The van der Waals surface area contributed by atoms with Gasteiger partial charge in [0.2, 0.25) is 11.0 Å². The van der Waals surface area contributed by atoms with E-state index in [1.165, 1.54) is 35.2 Å². The van der Waals surface area contributed by atoms with E-state index < -0.39 is 4.92 Å². The van der Waals surface area contributed by atoms with Crippen molar-refractivity contribution in [1.82, 2.24) is 10.2 Å². The third-order valence-electron chi connectivity index (χ3n) is 3.13. The van der Waals surface area contributed by atoms with E-state index in [0.717, 1.165) is 5.69 Å². The van der Waals surface area contributed by atoms with Crippen molar-refractivity contribution in [2.24, 2.45) is 0 Å². The van der Waals surface area contributed by atoms with Crippen LogP contribution in [-0.2, 0) is 4.79 Å². The van der Waals surface area contributed by atoms with E-state index in [-0.39, 0.29) is 23.0 Å². The molecule has 0 fully saturated rings. The average Bonchev–Trinajstić information content (AvgIpc) is 3.08. The molecule has 132 valence electrons. The molecule has 0 aliphatic heterocycles. The van der Waals surface area contributed by atoms with Crippen LogP contribution < -0.4 is 10.6 Å². The first-order valence-corrected chi connectivity index (χ1v) is 9.23. The quantitative estimate of drug-likeness (QED) is 0.359. The molecule has 1 aromatic heterocycles. The summed E-state index contributed by atoms with van der Waals surface area (Å²) in [5.74, 6) is -0.275. The second kappa shape index (κ2) is 8.41. The number of nitrogens with zero attached hydrogens (tertiary/aromatic N) is 3. The molecule has 3 aromatic rings. The number of hydrogen-bond donors (Lipinski definition) is 2. The molecule has 26 heavy (non-hydrogen) atoms. The van der Waals surface area contributed by atoms with E-state index in [1.807, 2.05) is 30.3 Å².